The number of ether oxygens (including phenoxy) is 1. The number of rotatable bonds is 6. The van der Waals surface area contributed by atoms with E-state index in [1.807, 2.05) is 35.2 Å². The quantitative estimate of drug-likeness (QED) is 0.815. The van der Waals surface area contributed by atoms with Crippen LogP contribution in [0.5, 0.6) is 5.75 Å². The minimum absolute atomic E-state index is 0.178. The molecule has 0 bridgehead atoms. The normalized spacial score (nSPS) is 23.1. The molecule has 2 aromatic rings. The van der Waals surface area contributed by atoms with Crippen LogP contribution in [0.3, 0.4) is 0 Å². The van der Waals surface area contributed by atoms with Gasteiger partial charge in [-0.05, 0) is 36.1 Å². The Morgan fingerprint density at radius 3 is 2.63 bits per heavy atom. The van der Waals surface area contributed by atoms with E-state index in [4.69, 9.17) is 4.74 Å². The molecule has 0 spiro atoms. The fourth-order valence-corrected chi connectivity index (χ4v) is 3.79. The van der Waals surface area contributed by atoms with Crippen LogP contribution in [0.25, 0.3) is 0 Å². The van der Waals surface area contributed by atoms with Gasteiger partial charge in [0.2, 0.25) is 0 Å². The van der Waals surface area contributed by atoms with Gasteiger partial charge in [0.25, 0.3) is 0 Å². The molecule has 5 nitrogen and oxygen atoms in total. The highest BCUT2D eigenvalue weighted by Crippen LogP contribution is 2.35. The van der Waals surface area contributed by atoms with Crippen molar-refractivity contribution in [1.29, 1.82) is 0 Å². The molecule has 144 valence electrons. The summed E-state index contributed by atoms with van der Waals surface area (Å²) in [5.74, 6) is -1.28. The van der Waals surface area contributed by atoms with Gasteiger partial charge in [-0.1, -0.05) is 36.4 Å². The molecule has 0 amide bonds. The molecule has 2 N–H and O–H groups in total. The third kappa shape index (κ3) is 4.12. The summed E-state index contributed by atoms with van der Waals surface area (Å²) in [4.78, 5) is 14.1. The predicted molar refractivity (Wildman–Crippen MR) is 99.1 cm³/mol. The number of methoxy groups -OCH3 is 1. The highest BCUT2D eigenvalue weighted by Gasteiger charge is 2.49. The average molecular weight is 373 g/mol. The molecule has 0 aromatic heterocycles. The Morgan fingerprint density at radius 2 is 2.00 bits per heavy atom. The van der Waals surface area contributed by atoms with Gasteiger partial charge in [0, 0.05) is 19.6 Å². The Hall–Kier alpha value is -2.44. The second kappa shape index (κ2) is 8.06. The van der Waals surface area contributed by atoms with Gasteiger partial charge in [0.05, 0.1) is 13.2 Å². The Kier molecular flexibility index (Phi) is 5.77. The Morgan fingerprint density at radius 1 is 1.26 bits per heavy atom. The van der Waals surface area contributed by atoms with Crippen molar-refractivity contribution < 1.29 is 24.1 Å². The largest absolute Gasteiger partial charge is 0.494 e. The second-order valence-corrected chi connectivity index (χ2v) is 7.11. The van der Waals surface area contributed by atoms with Gasteiger partial charge in [-0.2, -0.15) is 0 Å². The van der Waals surface area contributed by atoms with E-state index in [-0.39, 0.29) is 18.7 Å². The van der Waals surface area contributed by atoms with Gasteiger partial charge in [-0.25, -0.2) is 4.39 Å². The van der Waals surface area contributed by atoms with Gasteiger partial charge in [0.15, 0.2) is 11.6 Å². The van der Waals surface area contributed by atoms with E-state index in [1.165, 1.54) is 13.2 Å². The van der Waals surface area contributed by atoms with Gasteiger partial charge >= 0.3 is 5.97 Å². The first-order valence-corrected chi connectivity index (χ1v) is 8.95. The van der Waals surface area contributed by atoms with Crippen molar-refractivity contribution in [3.8, 4) is 5.75 Å². The minimum atomic E-state index is -1.29. The number of carboxylic acids is 1. The van der Waals surface area contributed by atoms with Crippen molar-refractivity contribution in [3.63, 3.8) is 0 Å². The van der Waals surface area contributed by atoms with E-state index in [9.17, 15) is 19.4 Å². The molecule has 2 aromatic carbocycles. The molecule has 0 radical (unpaired) electrons. The van der Waals surface area contributed by atoms with Crippen molar-refractivity contribution >= 4 is 5.97 Å². The van der Waals surface area contributed by atoms with Crippen LogP contribution in [-0.4, -0.2) is 47.4 Å². The standard InChI is InChI=1S/C21H24FNO4/c1-27-18-8-7-16(11-17(18)22)13-23-10-9-19(24)21(14-23,20(25)26)12-15-5-3-2-4-6-15/h2-8,11,19,24H,9-10,12-14H2,1H3,(H,25,26)/t19-,21-/m0/s1. The van der Waals surface area contributed by atoms with Crippen LogP contribution in [0.1, 0.15) is 17.5 Å². The highest BCUT2D eigenvalue weighted by atomic mass is 19.1. The van der Waals surface area contributed by atoms with E-state index in [0.717, 1.165) is 11.1 Å². The Labute approximate surface area is 158 Å². The van der Waals surface area contributed by atoms with E-state index in [0.29, 0.717) is 19.5 Å². The summed E-state index contributed by atoms with van der Waals surface area (Å²) in [7, 11) is 1.41. The van der Waals surface area contributed by atoms with Crippen LogP contribution in [0.4, 0.5) is 4.39 Å². The van der Waals surface area contributed by atoms with Crippen LogP contribution in [-0.2, 0) is 17.8 Å². The van der Waals surface area contributed by atoms with E-state index >= 15 is 0 Å². The van der Waals surface area contributed by atoms with Crippen molar-refractivity contribution in [3.05, 3.63) is 65.5 Å². The molecule has 1 heterocycles. The monoisotopic (exact) mass is 373 g/mol. The fraction of sp³-hybridized carbons (Fsp3) is 0.381. The summed E-state index contributed by atoms with van der Waals surface area (Å²) in [5.41, 5.74) is 0.324. The van der Waals surface area contributed by atoms with Crippen LogP contribution in [0.15, 0.2) is 48.5 Å². The van der Waals surface area contributed by atoms with Crippen LogP contribution >= 0.6 is 0 Å². The van der Waals surface area contributed by atoms with E-state index in [2.05, 4.69) is 0 Å². The predicted octanol–water partition coefficient (Wildman–Crippen LogP) is 2.71. The summed E-state index contributed by atoms with van der Waals surface area (Å²) in [6.07, 6.45) is -0.325. The van der Waals surface area contributed by atoms with Crippen molar-refractivity contribution in [2.45, 2.75) is 25.5 Å². The lowest BCUT2D eigenvalue weighted by Crippen LogP contribution is -2.56. The molecule has 0 unspecified atom stereocenters. The molecule has 0 saturated carbocycles. The van der Waals surface area contributed by atoms with E-state index in [1.54, 1.807) is 12.1 Å². The first-order valence-electron chi connectivity index (χ1n) is 8.95. The van der Waals surface area contributed by atoms with E-state index < -0.39 is 23.3 Å². The zero-order chi connectivity index (χ0) is 19.4. The molecule has 2 atom stereocenters. The number of carbonyl (C=O) groups is 1. The van der Waals surface area contributed by atoms with Crippen LogP contribution in [0.2, 0.25) is 0 Å². The van der Waals surface area contributed by atoms with Gasteiger partial charge < -0.3 is 14.9 Å². The number of hydrogen-bond donors (Lipinski definition) is 2. The first kappa shape index (κ1) is 19.3. The number of benzene rings is 2. The number of aliphatic hydroxyl groups is 1. The summed E-state index contributed by atoms with van der Waals surface area (Å²) >= 11 is 0. The Balaban J connectivity index is 1.81. The number of hydrogen-bond acceptors (Lipinski definition) is 4. The summed E-state index contributed by atoms with van der Waals surface area (Å²) < 4.78 is 18.9. The molecular formula is C21H24FNO4. The van der Waals surface area contributed by atoms with Crippen molar-refractivity contribution in [1.82, 2.24) is 4.90 Å². The topological polar surface area (TPSA) is 70.0 Å². The maximum Gasteiger partial charge on any atom is 0.313 e. The number of carboxylic acid groups (broad SMARTS) is 1. The molecule has 1 fully saturated rings. The maximum atomic E-state index is 14.0. The maximum absolute atomic E-state index is 14.0. The third-order valence-electron chi connectivity index (χ3n) is 5.27. The second-order valence-electron chi connectivity index (χ2n) is 7.11. The SMILES string of the molecule is COc1ccc(CN2CC[C@H](O)[C@@](Cc3ccccc3)(C(=O)O)C2)cc1F. The van der Waals surface area contributed by atoms with Gasteiger partial charge in [-0.15, -0.1) is 0 Å². The lowest BCUT2D eigenvalue weighted by Gasteiger charge is -2.43. The number of piperidine rings is 1. The number of nitrogens with zero attached hydrogens (tertiary/aromatic N) is 1. The lowest BCUT2D eigenvalue weighted by molar-refractivity contribution is -0.163. The Bertz CT molecular complexity index is 798. The smallest absolute Gasteiger partial charge is 0.313 e. The average Bonchev–Trinajstić information content (AvgIpc) is 2.65. The van der Waals surface area contributed by atoms with Crippen molar-refractivity contribution in [2.75, 3.05) is 20.2 Å². The number of halogens is 1. The molecule has 6 heteroatoms. The summed E-state index contributed by atoms with van der Waals surface area (Å²) in [5, 5.41) is 20.5. The van der Waals surface area contributed by atoms with Crippen molar-refractivity contribution in [2.24, 2.45) is 5.41 Å². The zero-order valence-electron chi connectivity index (χ0n) is 15.3. The fourth-order valence-electron chi connectivity index (χ4n) is 3.79. The molecule has 3 rings (SSSR count). The molecule has 1 aliphatic rings. The van der Waals surface area contributed by atoms with Gasteiger partial charge in [0.1, 0.15) is 5.41 Å². The summed E-state index contributed by atoms with van der Waals surface area (Å²) in [6, 6.07) is 14.1. The number of aliphatic hydroxyl groups excluding tert-OH is 1. The molecule has 0 aliphatic carbocycles. The van der Waals surface area contributed by atoms with Crippen LogP contribution < -0.4 is 4.74 Å². The number of likely N-dealkylation sites (tertiary alicyclic amines) is 1. The summed E-state index contributed by atoms with van der Waals surface area (Å²) in [6.45, 7) is 1.17. The molecule has 27 heavy (non-hydrogen) atoms. The van der Waals surface area contributed by atoms with Gasteiger partial charge in [-0.3, -0.25) is 9.69 Å². The first-order chi connectivity index (χ1) is 12.9. The van der Waals surface area contributed by atoms with Crippen LogP contribution in [0, 0.1) is 11.2 Å². The molecular weight excluding hydrogens is 349 g/mol. The highest BCUT2D eigenvalue weighted by molar-refractivity contribution is 5.76. The minimum Gasteiger partial charge on any atom is -0.494 e. The zero-order valence-corrected chi connectivity index (χ0v) is 15.3. The number of aliphatic carboxylic acids is 1. The molecule has 1 aliphatic heterocycles. The lowest BCUT2D eigenvalue weighted by atomic mass is 9.72. The molecule has 1 saturated heterocycles. The third-order valence-corrected chi connectivity index (χ3v) is 5.27.